The number of aliphatic hydroxyl groups is 1. The number of hydrogen-bond donors (Lipinski definition) is 1. The smallest absolute Gasteiger partial charge is 0.0703 e. The lowest BCUT2D eigenvalue weighted by atomic mass is 9.75. The minimum absolute atomic E-state index is 0.0396. The van der Waals surface area contributed by atoms with E-state index in [0.29, 0.717) is 0 Å². The van der Waals surface area contributed by atoms with Crippen LogP contribution in [0.15, 0.2) is 24.3 Å². The molecule has 1 aromatic rings. The summed E-state index contributed by atoms with van der Waals surface area (Å²) in [4.78, 5) is 0. The molecule has 0 aliphatic heterocycles. The van der Waals surface area contributed by atoms with Crippen LogP contribution >= 0.6 is 0 Å². The topological polar surface area (TPSA) is 29.5 Å². The quantitative estimate of drug-likeness (QED) is 0.849. The predicted octanol–water partition coefficient (Wildman–Crippen LogP) is 2.86. The van der Waals surface area contributed by atoms with Crippen LogP contribution in [-0.4, -0.2) is 23.9 Å². The average Bonchev–Trinajstić information content (AvgIpc) is 2.27. The van der Waals surface area contributed by atoms with E-state index in [9.17, 15) is 5.11 Å². The Hall–Kier alpha value is -0.860. The molecule has 0 aromatic heterocycles. The van der Waals surface area contributed by atoms with Gasteiger partial charge in [0.1, 0.15) is 0 Å². The Bertz CT molecular complexity index is 363. The van der Waals surface area contributed by atoms with Crippen molar-refractivity contribution >= 4 is 0 Å². The van der Waals surface area contributed by atoms with Crippen LogP contribution < -0.4 is 0 Å². The van der Waals surface area contributed by atoms with Gasteiger partial charge in [-0.25, -0.2) is 0 Å². The molecule has 2 heteroatoms. The molecule has 1 aliphatic rings. The van der Waals surface area contributed by atoms with E-state index in [4.69, 9.17) is 4.74 Å². The van der Waals surface area contributed by atoms with Gasteiger partial charge in [0.25, 0.3) is 0 Å². The maximum absolute atomic E-state index is 10.2. The van der Waals surface area contributed by atoms with E-state index in [2.05, 4.69) is 19.1 Å². The molecule has 1 aromatic carbocycles. The fourth-order valence-electron chi connectivity index (χ4n) is 2.66. The predicted molar refractivity (Wildman–Crippen MR) is 69.1 cm³/mol. The fourth-order valence-corrected chi connectivity index (χ4v) is 2.66. The Kier molecular flexibility index (Phi) is 3.85. The van der Waals surface area contributed by atoms with Crippen LogP contribution in [0.3, 0.4) is 0 Å². The maximum Gasteiger partial charge on any atom is 0.0703 e. The van der Waals surface area contributed by atoms with E-state index in [0.717, 1.165) is 25.7 Å². The van der Waals surface area contributed by atoms with Gasteiger partial charge < -0.3 is 9.84 Å². The molecule has 1 saturated carbocycles. The monoisotopic (exact) mass is 234 g/mol. The van der Waals surface area contributed by atoms with Crippen LogP contribution in [0.5, 0.6) is 0 Å². The van der Waals surface area contributed by atoms with Crippen molar-refractivity contribution in [1.82, 2.24) is 0 Å². The molecule has 1 aliphatic carbocycles. The van der Waals surface area contributed by atoms with Crippen LogP contribution in [0.4, 0.5) is 0 Å². The zero-order chi connectivity index (χ0) is 12.3. The van der Waals surface area contributed by atoms with Crippen molar-refractivity contribution in [3.05, 3.63) is 35.4 Å². The lowest BCUT2D eigenvalue weighted by Crippen LogP contribution is -2.42. The summed E-state index contributed by atoms with van der Waals surface area (Å²) in [5.74, 6) is 0. The summed E-state index contributed by atoms with van der Waals surface area (Å²) in [6.07, 6.45) is 4.61. The molecule has 0 saturated heterocycles. The van der Waals surface area contributed by atoms with Crippen molar-refractivity contribution in [2.24, 2.45) is 0 Å². The summed E-state index contributed by atoms with van der Waals surface area (Å²) < 4.78 is 5.55. The summed E-state index contributed by atoms with van der Waals surface area (Å²) in [6, 6.07) is 8.26. The van der Waals surface area contributed by atoms with Crippen molar-refractivity contribution in [2.45, 2.75) is 50.7 Å². The summed E-state index contributed by atoms with van der Waals surface area (Å²) in [5.41, 5.74) is 2.46. The van der Waals surface area contributed by atoms with Gasteiger partial charge in [-0.15, -0.1) is 0 Å². The highest BCUT2D eigenvalue weighted by Gasteiger charge is 2.38. The SMILES string of the molecule is COC1(CC(O)Cc2ccccc2C)CCC1. The molecule has 0 bridgehead atoms. The highest BCUT2D eigenvalue weighted by atomic mass is 16.5. The van der Waals surface area contributed by atoms with Gasteiger partial charge >= 0.3 is 0 Å². The summed E-state index contributed by atoms with van der Waals surface area (Å²) in [7, 11) is 1.76. The van der Waals surface area contributed by atoms with E-state index in [1.54, 1.807) is 7.11 Å². The van der Waals surface area contributed by atoms with E-state index in [1.807, 2.05) is 12.1 Å². The van der Waals surface area contributed by atoms with E-state index in [1.165, 1.54) is 17.5 Å². The molecular formula is C15H22O2. The van der Waals surface area contributed by atoms with Gasteiger partial charge in [0.05, 0.1) is 11.7 Å². The van der Waals surface area contributed by atoms with Gasteiger partial charge in [0.2, 0.25) is 0 Å². The number of rotatable bonds is 5. The van der Waals surface area contributed by atoms with Crippen molar-refractivity contribution in [1.29, 1.82) is 0 Å². The Morgan fingerprint density at radius 2 is 2.06 bits per heavy atom. The van der Waals surface area contributed by atoms with E-state index in [-0.39, 0.29) is 11.7 Å². The highest BCUT2D eigenvalue weighted by molar-refractivity contribution is 5.26. The molecule has 94 valence electrons. The van der Waals surface area contributed by atoms with Crippen LogP contribution in [-0.2, 0) is 11.2 Å². The van der Waals surface area contributed by atoms with Crippen molar-refractivity contribution in [2.75, 3.05) is 7.11 Å². The molecule has 0 amide bonds. The lowest BCUT2D eigenvalue weighted by Gasteiger charge is -2.42. The first-order valence-corrected chi connectivity index (χ1v) is 6.43. The maximum atomic E-state index is 10.2. The highest BCUT2D eigenvalue weighted by Crippen LogP contribution is 2.39. The third-order valence-corrected chi connectivity index (χ3v) is 4.02. The normalized spacial score (nSPS) is 19.7. The molecule has 1 atom stereocenters. The summed E-state index contributed by atoms with van der Waals surface area (Å²) >= 11 is 0. The van der Waals surface area contributed by atoms with Gasteiger partial charge in [-0.05, 0) is 43.7 Å². The summed E-state index contributed by atoms with van der Waals surface area (Å²) in [5, 5.41) is 10.2. The number of hydrogen-bond acceptors (Lipinski definition) is 2. The fraction of sp³-hybridized carbons (Fsp3) is 0.600. The molecule has 2 nitrogen and oxygen atoms in total. The van der Waals surface area contributed by atoms with Gasteiger partial charge in [-0.3, -0.25) is 0 Å². The number of aliphatic hydroxyl groups excluding tert-OH is 1. The number of benzene rings is 1. The second-order valence-corrected chi connectivity index (χ2v) is 5.23. The van der Waals surface area contributed by atoms with Crippen molar-refractivity contribution in [3.8, 4) is 0 Å². The molecule has 17 heavy (non-hydrogen) atoms. The molecule has 0 spiro atoms. The van der Waals surface area contributed by atoms with Crippen LogP contribution in [0.25, 0.3) is 0 Å². The zero-order valence-electron chi connectivity index (χ0n) is 10.8. The molecular weight excluding hydrogens is 212 g/mol. The van der Waals surface area contributed by atoms with E-state index >= 15 is 0 Å². The molecule has 1 fully saturated rings. The Balaban J connectivity index is 1.93. The largest absolute Gasteiger partial charge is 0.393 e. The lowest BCUT2D eigenvalue weighted by molar-refractivity contribution is -0.0989. The van der Waals surface area contributed by atoms with Gasteiger partial charge in [-0.2, -0.15) is 0 Å². The molecule has 1 N–H and O–H groups in total. The molecule has 2 rings (SSSR count). The molecule has 1 unspecified atom stereocenters. The Morgan fingerprint density at radius 3 is 2.59 bits per heavy atom. The van der Waals surface area contributed by atoms with Crippen molar-refractivity contribution < 1.29 is 9.84 Å². The first-order chi connectivity index (χ1) is 8.15. The minimum atomic E-state index is -0.295. The Labute approximate surface area is 104 Å². The average molecular weight is 234 g/mol. The third-order valence-electron chi connectivity index (χ3n) is 4.02. The first kappa shape index (κ1) is 12.6. The van der Waals surface area contributed by atoms with Crippen LogP contribution in [0.1, 0.15) is 36.8 Å². The molecule has 0 heterocycles. The summed E-state index contributed by atoms with van der Waals surface area (Å²) in [6.45, 7) is 2.09. The minimum Gasteiger partial charge on any atom is -0.393 e. The number of methoxy groups -OCH3 is 1. The zero-order valence-corrected chi connectivity index (χ0v) is 10.8. The van der Waals surface area contributed by atoms with Gasteiger partial charge in [-0.1, -0.05) is 24.3 Å². The standard InChI is InChI=1S/C15H22O2/c1-12-6-3-4-7-13(12)10-14(16)11-15(17-2)8-5-9-15/h3-4,6-7,14,16H,5,8-11H2,1-2H3. The van der Waals surface area contributed by atoms with Crippen molar-refractivity contribution in [3.63, 3.8) is 0 Å². The number of ether oxygens (including phenoxy) is 1. The van der Waals surface area contributed by atoms with Crippen LogP contribution in [0.2, 0.25) is 0 Å². The Morgan fingerprint density at radius 1 is 1.35 bits per heavy atom. The number of aryl methyl sites for hydroxylation is 1. The van der Waals surface area contributed by atoms with Gasteiger partial charge in [0.15, 0.2) is 0 Å². The van der Waals surface area contributed by atoms with Crippen LogP contribution in [0, 0.1) is 6.92 Å². The first-order valence-electron chi connectivity index (χ1n) is 6.43. The third kappa shape index (κ3) is 2.88. The molecule has 0 radical (unpaired) electrons. The van der Waals surface area contributed by atoms with Gasteiger partial charge in [0, 0.05) is 13.5 Å². The van der Waals surface area contributed by atoms with E-state index < -0.39 is 0 Å². The second kappa shape index (κ2) is 5.19. The second-order valence-electron chi connectivity index (χ2n) is 5.23.